The summed E-state index contributed by atoms with van der Waals surface area (Å²) < 4.78 is 5.14. The summed E-state index contributed by atoms with van der Waals surface area (Å²) in [5.41, 5.74) is 3.04. The Kier molecular flexibility index (Phi) is 4.31. The van der Waals surface area contributed by atoms with Crippen molar-refractivity contribution < 1.29 is 14.3 Å². The molecule has 0 aromatic heterocycles. The van der Waals surface area contributed by atoms with Crippen molar-refractivity contribution in [3.8, 4) is 0 Å². The van der Waals surface area contributed by atoms with Crippen molar-refractivity contribution in [1.82, 2.24) is 10.2 Å². The van der Waals surface area contributed by atoms with Crippen molar-refractivity contribution in [2.45, 2.75) is 26.8 Å². The average Bonchev–Trinajstić information content (AvgIpc) is 2.44. The maximum atomic E-state index is 12.3. The first kappa shape index (κ1) is 15.1. The minimum atomic E-state index is -0.479. The number of carbonyl (C=O) groups is 2. The van der Waals surface area contributed by atoms with Crippen LogP contribution in [0.15, 0.2) is 35.5 Å². The number of ether oxygens (including phenoxy) is 1. The largest absolute Gasteiger partial charge is 0.463 e. The van der Waals surface area contributed by atoms with E-state index in [0.717, 1.165) is 11.1 Å². The summed E-state index contributed by atoms with van der Waals surface area (Å²) in [5, 5.41) is 2.86. The summed E-state index contributed by atoms with van der Waals surface area (Å²) >= 11 is 0. The number of hydrogen-bond donors (Lipinski definition) is 1. The molecule has 1 aromatic rings. The van der Waals surface area contributed by atoms with Gasteiger partial charge >= 0.3 is 12.0 Å². The van der Waals surface area contributed by atoms with Crippen LogP contribution in [0.5, 0.6) is 0 Å². The predicted octanol–water partition coefficient (Wildman–Crippen LogP) is 2.53. The highest BCUT2D eigenvalue weighted by molar-refractivity contribution is 5.94. The number of rotatable bonds is 3. The molecule has 0 unspecified atom stereocenters. The lowest BCUT2D eigenvalue weighted by molar-refractivity contribution is -0.139. The van der Waals surface area contributed by atoms with Crippen LogP contribution < -0.4 is 5.32 Å². The van der Waals surface area contributed by atoms with Crippen LogP contribution in [0.2, 0.25) is 0 Å². The van der Waals surface area contributed by atoms with Crippen LogP contribution in [0.3, 0.4) is 0 Å². The lowest BCUT2D eigenvalue weighted by Crippen LogP contribution is -2.46. The van der Waals surface area contributed by atoms with Gasteiger partial charge < -0.3 is 15.0 Å². The second-order valence-corrected chi connectivity index (χ2v) is 5.08. The first-order valence-electron chi connectivity index (χ1n) is 6.94. The van der Waals surface area contributed by atoms with Crippen molar-refractivity contribution in [2.75, 3.05) is 13.7 Å². The highest BCUT2D eigenvalue weighted by atomic mass is 16.5. The first-order chi connectivity index (χ1) is 9.95. The number of urea groups is 1. The Morgan fingerprint density at radius 2 is 2.10 bits per heavy atom. The topological polar surface area (TPSA) is 58.6 Å². The molecule has 1 atom stereocenters. The summed E-state index contributed by atoms with van der Waals surface area (Å²) in [6, 6.07) is 7.03. The minimum absolute atomic E-state index is 0.230. The molecule has 1 N–H and O–H groups in total. The molecule has 0 saturated carbocycles. The number of esters is 1. The number of nitrogens with zero attached hydrogens (tertiary/aromatic N) is 1. The van der Waals surface area contributed by atoms with Crippen LogP contribution in [0.25, 0.3) is 0 Å². The Hall–Kier alpha value is -2.30. The Balaban J connectivity index is 2.51. The number of benzene rings is 1. The second kappa shape index (κ2) is 5.99. The zero-order chi connectivity index (χ0) is 15.6. The van der Waals surface area contributed by atoms with Crippen LogP contribution in [0.4, 0.5) is 4.79 Å². The number of nitrogens with one attached hydrogen (secondary N) is 1. The molecular formula is C16H20N2O3. The third kappa shape index (κ3) is 2.91. The van der Waals surface area contributed by atoms with Crippen molar-refractivity contribution in [2.24, 2.45) is 0 Å². The molecule has 2 amide bonds. The van der Waals surface area contributed by atoms with Crippen LogP contribution in [-0.4, -0.2) is 30.6 Å². The lowest BCUT2D eigenvalue weighted by Gasteiger charge is -2.33. The van der Waals surface area contributed by atoms with Crippen LogP contribution in [-0.2, 0) is 9.53 Å². The SMILES string of the molecule is CCOC(=O)C1=C(C)N(C)C(=O)N[C@@H]1c1cccc(C)c1. The fraction of sp³-hybridized carbons (Fsp3) is 0.375. The summed E-state index contributed by atoms with van der Waals surface area (Å²) in [6.45, 7) is 5.79. The van der Waals surface area contributed by atoms with Gasteiger partial charge in [0.25, 0.3) is 0 Å². The quantitative estimate of drug-likeness (QED) is 0.869. The second-order valence-electron chi connectivity index (χ2n) is 5.08. The van der Waals surface area contributed by atoms with Crippen LogP contribution in [0, 0.1) is 6.92 Å². The maximum Gasteiger partial charge on any atom is 0.338 e. The van der Waals surface area contributed by atoms with E-state index in [1.54, 1.807) is 20.9 Å². The van der Waals surface area contributed by atoms with Crippen molar-refractivity contribution in [1.29, 1.82) is 0 Å². The molecule has 1 aromatic carbocycles. The van der Waals surface area contributed by atoms with E-state index >= 15 is 0 Å². The highest BCUT2D eigenvalue weighted by Crippen LogP contribution is 2.30. The van der Waals surface area contributed by atoms with Gasteiger partial charge in [0.15, 0.2) is 0 Å². The molecule has 21 heavy (non-hydrogen) atoms. The fourth-order valence-electron chi connectivity index (χ4n) is 2.41. The smallest absolute Gasteiger partial charge is 0.338 e. The predicted molar refractivity (Wildman–Crippen MR) is 79.5 cm³/mol. The zero-order valence-corrected chi connectivity index (χ0v) is 12.8. The first-order valence-corrected chi connectivity index (χ1v) is 6.94. The molecule has 0 saturated heterocycles. The van der Waals surface area contributed by atoms with Crippen molar-refractivity contribution >= 4 is 12.0 Å². The van der Waals surface area contributed by atoms with Crippen LogP contribution in [0.1, 0.15) is 31.0 Å². The van der Waals surface area contributed by atoms with Gasteiger partial charge in [0.05, 0.1) is 18.2 Å². The van der Waals surface area contributed by atoms with Gasteiger partial charge in [-0.25, -0.2) is 9.59 Å². The molecular weight excluding hydrogens is 268 g/mol. The minimum Gasteiger partial charge on any atom is -0.463 e. The van der Waals surface area contributed by atoms with Gasteiger partial charge in [0.1, 0.15) is 0 Å². The highest BCUT2D eigenvalue weighted by Gasteiger charge is 2.34. The van der Waals surface area contributed by atoms with E-state index < -0.39 is 12.0 Å². The van der Waals surface area contributed by atoms with Crippen molar-refractivity contribution in [3.63, 3.8) is 0 Å². The molecule has 0 bridgehead atoms. The third-order valence-corrected chi connectivity index (χ3v) is 3.62. The van der Waals surface area contributed by atoms with E-state index in [4.69, 9.17) is 4.74 Å². The number of aryl methyl sites for hydroxylation is 1. The Labute approximate surface area is 124 Å². The number of allylic oxidation sites excluding steroid dienone is 1. The Bertz CT molecular complexity index is 607. The zero-order valence-electron chi connectivity index (χ0n) is 12.8. The molecule has 0 aliphatic carbocycles. The van der Waals surface area contributed by atoms with E-state index in [2.05, 4.69) is 5.32 Å². The Morgan fingerprint density at radius 3 is 2.71 bits per heavy atom. The monoisotopic (exact) mass is 288 g/mol. The van der Waals surface area contributed by atoms with E-state index in [1.165, 1.54) is 4.90 Å². The van der Waals surface area contributed by atoms with E-state index in [0.29, 0.717) is 17.9 Å². The molecule has 2 rings (SSSR count). The van der Waals surface area contributed by atoms with Gasteiger partial charge in [-0.2, -0.15) is 0 Å². The standard InChI is InChI=1S/C16H20N2O3/c1-5-21-15(19)13-11(3)18(4)16(20)17-14(13)12-8-6-7-10(2)9-12/h6-9,14H,5H2,1-4H3,(H,17,20)/t14-/m1/s1. The van der Waals surface area contributed by atoms with Gasteiger partial charge in [-0.05, 0) is 26.3 Å². The van der Waals surface area contributed by atoms with Gasteiger partial charge in [0.2, 0.25) is 0 Å². The summed E-state index contributed by atoms with van der Waals surface area (Å²) in [4.78, 5) is 25.7. The fourth-order valence-corrected chi connectivity index (χ4v) is 2.41. The number of hydrogen-bond acceptors (Lipinski definition) is 3. The maximum absolute atomic E-state index is 12.3. The summed E-state index contributed by atoms with van der Waals surface area (Å²) in [7, 11) is 1.64. The molecule has 0 radical (unpaired) electrons. The molecule has 112 valence electrons. The molecule has 5 heteroatoms. The summed E-state index contributed by atoms with van der Waals surface area (Å²) in [6.07, 6.45) is 0. The number of amides is 2. The van der Waals surface area contributed by atoms with Gasteiger partial charge in [0, 0.05) is 12.7 Å². The van der Waals surface area contributed by atoms with Crippen molar-refractivity contribution in [3.05, 3.63) is 46.7 Å². The molecule has 1 heterocycles. The van der Waals surface area contributed by atoms with E-state index in [1.807, 2.05) is 31.2 Å². The van der Waals surface area contributed by atoms with Gasteiger partial charge in [-0.3, -0.25) is 0 Å². The third-order valence-electron chi connectivity index (χ3n) is 3.62. The Morgan fingerprint density at radius 1 is 1.38 bits per heavy atom. The van der Waals surface area contributed by atoms with Gasteiger partial charge in [-0.15, -0.1) is 0 Å². The number of carbonyl (C=O) groups excluding carboxylic acids is 2. The van der Waals surface area contributed by atoms with E-state index in [9.17, 15) is 9.59 Å². The molecule has 1 aliphatic heterocycles. The molecule has 1 aliphatic rings. The summed E-state index contributed by atoms with van der Waals surface area (Å²) in [5.74, 6) is -0.395. The van der Waals surface area contributed by atoms with E-state index in [-0.39, 0.29) is 6.03 Å². The molecule has 5 nitrogen and oxygen atoms in total. The normalized spacial score (nSPS) is 18.6. The van der Waals surface area contributed by atoms with Crippen LogP contribution >= 0.6 is 0 Å². The average molecular weight is 288 g/mol. The molecule has 0 spiro atoms. The molecule has 0 fully saturated rings. The lowest BCUT2D eigenvalue weighted by atomic mass is 9.94. The van der Waals surface area contributed by atoms with Gasteiger partial charge in [-0.1, -0.05) is 29.8 Å².